The standard InChI is InChI=1S/C36H52N2O7/c1-25(2)21-28(5)24-34(41)38-20-19-27(4)22-29(6)33-23-26(3)13-9-7-11-15-32(45-36(37)43)31(40)18-17-30(39)14-10-8-12-16-35(42)44-33/h7,9,12-13,16-20,22,24,29-33,39-40H,1,8,10-11,14-15,21,23H2,2-6H3,(H2,37,43)(H,38,41)/b9-7-,16-12-,18-17-,20-19+,26-13+,27-22+,28-24-/t29-,30+,31+,32+,33-/m1/s1. The Balaban J connectivity index is 3.07. The van der Waals surface area contributed by atoms with Gasteiger partial charge in [-0.1, -0.05) is 78.3 Å². The number of primary amides is 1. The van der Waals surface area contributed by atoms with Crippen molar-refractivity contribution in [2.24, 2.45) is 11.7 Å². The maximum absolute atomic E-state index is 12.7. The predicted molar refractivity (Wildman–Crippen MR) is 179 cm³/mol. The highest BCUT2D eigenvalue weighted by molar-refractivity contribution is 5.89. The van der Waals surface area contributed by atoms with Crippen LogP contribution in [0.3, 0.4) is 0 Å². The summed E-state index contributed by atoms with van der Waals surface area (Å²) in [5.41, 5.74) is 8.98. The van der Waals surface area contributed by atoms with Gasteiger partial charge in [-0.25, -0.2) is 9.59 Å². The Bertz CT molecular complexity index is 1210. The number of rotatable bonds is 8. The number of ether oxygens (including phenoxy) is 2. The van der Waals surface area contributed by atoms with Crippen LogP contribution < -0.4 is 11.1 Å². The zero-order valence-corrected chi connectivity index (χ0v) is 27.4. The van der Waals surface area contributed by atoms with Crippen molar-refractivity contribution in [3.05, 3.63) is 95.8 Å². The minimum Gasteiger partial charge on any atom is -0.458 e. The average molecular weight is 625 g/mol. The van der Waals surface area contributed by atoms with Crippen LogP contribution >= 0.6 is 0 Å². The van der Waals surface area contributed by atoms with Crippen molar-refractivity contribution in [1.29, 1.82) is 0 Å². The Morgan fingerprint density at radius 3 is 2.60 bits per heavy atom. The van der Waals surface area contributed by atoms with Crippen LogP contribution in [-0.4, -0.2) is 52.6 Å². The van der Waals surface area contributed by atoms with Crippen LogP contribution in [0.4, 0.5) is 4.79 Å². The van der Waals surface area contributed by atoms with Crippen LogP contribution in [0, 0.1) is 5.92 Å². The molecule has 0 aromatic heterocycles. The van der Waals surface area contributed by atoms with Gasteiger partial charge in [0.2, 0.25) is 5.91 Å². The lowest BCUT2D eigenvalue weighted by molar-refractivity contribution is -0.144. The number of aliphatic hydroxyl groups excluding tert-OH is 2. The molecule has 1 heterocycles. The fraction of sp³-hybridized carbons (Fsp3) is 0.472. The van der Waals surface area contributed by atoms with Gasteiger partial charge in [0, 0.05) is 30.7 Å². The molecule has 0 aromatic carbocycles. The molecule has 9 nitrogen and oxygen atoms in total. The number of esters is 1. The second kappa shape index (κ2) is 21.7. The van der Waals surface area contributed by atoms with E-state index in [9.17, 15) is 24.6 Å². The topological polar surface area (TPSA) is 148 Å². The average Bonchev–Trinajstić information content (AvgIpc) is 2.93. The Kier molecular flexibility index (Phi) is 18.8. The highest BCUT2D eigenvalue weighted by Gasteiger charge is 2.21. The Hall–Kier alpha value is -3.95. The van der Waals surface area contributed by atoms with Crippen molar-refractivity contribution in [1.82, 2.24) is 5.32 Å². The SMILES string of the molecule is C=C(C)C/C(C)=C\C(=O)N/C=C/C(C)=C/[C@@H](C)[C@H]1C/C(C)=C/C=C\CC[C@H](OC(N)=O)[C@@H](O)/C=C\[C@@H](O)CCC/C=C\C(=O)O1. The number of aliphatic hydroxyl groups is 2. The van der Waals surface area contributed by atoms with Crippen LogP contribution in [0.2, 0.25) is 0 Å². The molecule has 0 saturated heterocycles. The number of hydrogen-bond acceptors (Lipinski definition) is 7. The second-order valence-corrected chi connectivity index (χ2v) is 11.7. The number of nitrogens with one attached hydrogen (secondary N) is 1. The van der Waals surface area contributed by atoms with E-state index in [0.29, 0.717) is 44.9 Å². The van der Waals surface area contributed by atoms with Crippen molar-refractivity contribution in [2.75, 3.05) is 0 Å². The summed E-state index contributed by atoms with van der Waals surface area (Å²) in [6, 6.07) is 0. The van der Waals surface area contributed by atoms with Gasteiger partial charge in [0.15, 0.2) is 0 Å². The molecule has 0 aliphatic carbocycles. The monoisotopic (exact) mass is 624 g/mol. The highest BCUT2D eigenvalue weighted by Crippen LogP contribution is 2.21. The van der Waals surface area contributed by atoms with Gasteiger partial charge in [0.25, 0.3) is 0 Å². The number of hydrogen-bond donors (Lipinski definition) is 4. The number of carbonyl (C=O) groups excluding carboxylic acids is 3. The number of cyclic esters (lactones) is 1. The van der Waals surface area contributed by atoms with Crippen LogP contribution in [0.15, 0.2) is 95.8 Å². The first-order valence-corrected chi connectivity index (χ1v) is 15.4. The first-order valence-electron chi connectivity index (χ1n) is 15.4. The maximum atomic E-state index is 12.7. The first-order chi connectivity index (χ1) is 21.3. The molecule has 2 amide bonds. The summed E-state index contributed by atoms with van der Waals surface area (Å²) in [6.07, 6.45) is 18.0. The van der Waals surface area contributed by atoms with Crippen LogP contribution in [-0.2, 0) is 19.1 Å². The van der Waals surface area contributed by atoms with Crippen LogP contribution in [0.5, 0.6) is 0 Å². The molecule has 0 bridgehead atoms. The van der Waals surface area contributed by atoms with Gasteiger partial charge in [-0.3, -0.25) is 4.79 Å². The van der Waals surface area contributed by atoms with Gasteiger partial charge in [0.1, 0.15) is 18.3 Å². The summed E-state index contributed by atoms with van der Waals surface area (Å²) in [6.45, 7) is 13.5. The van der Waals surface area contributed by atoms with E-state index < -0.39 is 36.5 Å². The summed E-state index contributed by atoms with van der Waals surface area (Å²) in [5, 5.41) is 23.5. The molecule has 0 saturated carbocycles. The summed E-state index contributed by atoms with van der Waals surface area (Å²) < 4.78 is 11.0. The molecule has 1 aliphatic heterocycles. The molecule has 5 atom stereocenters. The van der Waals surface area contributed by atoms with E-state index in [4.69, 9.17) is 15.2 Å². The number of nitrogens with two attached hydrogens (primary N) is 1. The van der Waals surface area contributed by atoms with Crippen molar-refractivity contribution < 1.29 is 34.1 Å². The molecule has 0 fully saturated rings. The molecule has 1 aliphatic rings. The zero-order valence-electron chi connectivity index (χ0n) is 27.4. The summed E-state index contributed by atoms with van der Waals surface area (Å²) in [4.78, 5) is 36.2. The predicted octanol–water partition coefficient (Wildman–Crippen LogP) is 6.18. The van der Waals surface area contributed by atoms with E-state index >= 15 is 0 Å². The summed E-state index contributed by atoms with van der Waals surface area (Å²) >= 11 is 0. The lowest BCUT2D eigenvalue weighted by Crippen LogP contribution is -2.32. The molecule has 0 aromatic rings. The number of carbonyl (C=O) groups is 3. The quantitative estimate of drug-likeness (QED) is 0.109. The van der Waals surface area contributed by atoms with E-state index in [0.717, 1.165) is 22.3 Å². The third-order valence-electron chi connectivity index (χ3n) is 6.87. The molecule has 1 rings (SSSR count). The van der Waals surface area contributed by atoms with E-state index in [1.165, 1.54) is 18.2 Å². The minimum absolute atomic E-state index is 0.138. The Morgan fingerprint density at radius 2 is 1.91 bits per heavy atom. The van der Waals surface area contributed by atoms with E-state index in [2.05, 4.69) is 11.9 Å². The number of allylic oxidation sites excluding steroid dienone is 8. The molecule has 9 heteroatoms. The highest BCUT2D eigenvalue weighted by atomic mass is 16.6. The minimum atomic E-state index is -1.12. The molecule has 248 valence electrons. The zero-order chi connectivity index (χ0) is 33.8. The third kappa shape index (κ3) is 19.1. The molecule has 45 heavy (non-hydrogen) atoms. The largest absolute Gasteiger partial charge is 0.458 e. The summed E-state index contributed by atoms with van der Waals surface area (Å²) in [7, 11) is 0. The second-order valence-electron chi connectivity index (χ2n) is 11.7. The maximum Gasteiger partial charge on any atom is 0.404 e. The molecule has 5 N–H and O–H groups in total. The van der Waals surface area contributed by atoms with Gasteiger partial charge >= 0.3 is 12.1 Å². The van der Waals surface area contributed by atoms with Gasteiger partial charge < -0.3 is 30.7 Å². The molecule has 0 unspecified atom stereocenters. The lowest BCUT2D eigenvalue weighted by atomic mass is 9.95. The first kappa shape index (κ1) is 39.1. The fourth-order valence-electron chi connectivity index (χ4n) is 4.66. The van der Waals surface area contributed by atoms with Gasteiger partial charge in [0.05, 0.1) is 6.10 Å². The molecular weight excluding hydrogens is 572 g/mol. The fourth-order valence-corrected chi connectivity index (χ4v) is 4.66. The van der Waals surface area contributed by atoms with Crippen molar-refractivity contribution in [3.8, 4) is 0 Å². The van der Waals surface area contributed by atoms with Crippen molar-refractivity contribution >= 4 is 18.0 Å². The lowest BCUT2D eigenvalue weighted by Gasteiger charge is -2.22. The van der Waals surface area contributed by atoms with Crippen molar-refractivity contribution in [2.45, 2.75) is 104 Å². The van der Waals surface area contributed by atoms with Crippen molar-refractivity contribution in [3.63, 3.8) is 0 Å². The summed E-state index contributed by atoms with van der Waals surface area (Å²) in [5.74, 6) is -0.798. The molecule has 0 radical (unpaired) electrons. The Labute approximate surface area is 268 Å². The van der Waals surface area contributed by atoms with Gasteiger partial charge in [-0.2, -0.15) is 0 Å². The van der Waals surface area contributed by atoms with Gasteiger partial charge in [-0.15, -0.1) is 0 Å². The van der Waals surface area contributed by atoms with E-state index in [1.54, 1.807) is 24.4 Å². The van der Waals surface area contributed by atoms with Crippen LogP contribution in [0.25, 0.3) is 0 Å². The molecular formula is C36H52N2O7. The van der Waals surface area contributed by atoms with E-state index in [-0.39, 0.29) is 11.8 Å². The molecule has 0 spiro atoms. The smallest absolute Gasteiger partial charge is 0.404 e. The Morgan fingerprint density at radius 1 is 1.18 bits per heavy atom. The van der Waals surface area contributed by atoms with E-state index in [1.807, 2.05) is 58.9 Å². The number of amides is 2. The normalized spacial score (nSPS) is 27.3. The van der Waals surface area contributed by atoms with Gasteiger partial charge in [-0.05, 0) is 72.3 Å². The van der Waals surface area contributed by atoms with Crippen LogP contribution in [0.1, 0.15) is 79.6 Å². The third-order valence-corrected chi connectivity index (χ3v) is 6.87.